The van der Waals surface area contributed by atoms with Gasteiger partial charge in [-0.1, -0.05) is 24.3 Å². The van der Waals surface area contributed by atoms with Crippen molar-refractivity contribution in [1.82, 2.24) is 9.80 Å². The minimum Gasteiger partial charge on any atom is -0.489 e. The van der Waals surface area contributed by atoms with E-state index < -0.39 is 5.97 Å². The van der Waals surface area contributed by atoms with E-state index in [1.807, 2.05) is 11.4 Å². The summed E-state index contributed by atoms with van der Waals surface area (Å²) in [5.74, 6) is -0.837. The Morgan fingerprint density at radius 1 is 0.912 bits per heavy atom. The monoisotopic (exact) mass is 482 g/mol. The van der Waals surface area contributed by atoms with Gasteiger partial charge in [0.25, 0.3) is 11.8 Å². The summed E-state index contributed by atoms with van der Waals surface area (Å²) >= 11 is 1.39. The van der Waals surface area contributed by atoms with E-state index in [1.54, 1.807) is 46.2 Å². The van der Waals surface area contributed by atoms with Crippen molar-refractivity contribution in [2.45, 2.75) is 6.61 Å². The Morgan fingerprint density at radius 2 is 1.65 bits per heavy atom. The zero-order valence-corrected chi connectivity index (χ0v) is 19.1. The molecule has 2 amide bonds. The van der Waals surface area contributed by atoms with Crippen LogP contribution >= 0.6 is 11.3 Å². The highest BCUT2D eigenvalue weighted by atomic mass is 32.1. The Kier molecular flexibility index (Phi) is 7.54. The largest absolute Gasteiger partial charge is 0.489 e. The molecule has 34 heavy (non-hydrogen) atoms. The highest BCUT2D eigenvalue weighted by molar-refractivity contribution is 7.12. The summed E-state index contributed by atoms with van der Waals surface area (Å²) in [6, 6.07) is 16.0. The molecule has 2 aromatic carbocycles. The van der Waals surface area contributed by atoms with E-state index >= 15 is 0 Å². The van der Waals surface area contributed by atoms with Gasteiger partial charge in [0.1, 0.15) is 18.2 Å². The number of hydrogen-bond acceptors (Lipinski definition) is 6. The van der Waals surface area contributed by atoms with Gasteiger partial charge in [-0.05, 0) is 47.3 Å². The van der Waals surface area contributed by atoms with Crippen molar-refractivity contribution in [3.63, 3.8) is 0 Å². The number of nitrogens with zero attached hydrogens (tertiary/aromatic N) is 2. The summed E-state index contributed by atoms with van der Waals surface area (Å²) in [6.07, 6.45) is 0. The molecule has 0 unspecified atom stereocenters. The van der Waals surface area contributed by atoms with Gasteiger partial charge in [-0.2, -0.15) is 0 Å². The number of piperazine rings is 1. The fraction of sp³-hybridized carbons (Fsp3) is 0.240. The quantitative estimate of drug-likeness (QED) is 0.481. The topological polar surface area (TPSA) is 76.2 Å². The molecule has 176 valence electrons. The molecule has 0 bridgehead atoms. The van der Waals surface area contributed by atoms with Crippen LogP contribution in [0.4, 0.5) is 4.39 Å². The van der Waals surface area contributed by atoms with Crippen LogP contribution in [0.15, 0.2) is 66.0 Å². The number of carbonyl (C=O) groups excluding carboxylic acids is 3. The average Bonchev–Trinajstić information content (AvgIpc) is 3.42. The number of carbonyl (C=O) groups is 3. The third kappa shape index (κ3) is 5.99. The molecule has 1 aromatic heterocycles. The Morgan fingerprint density at radius 3 is 2.35 bits per heavy atom. The Labute approximate surface area is 200 Å². The number of halogens is 1. The van der Waals surface area contributed by atoms with Gasteiger partial charge in [-0.25, -0.2) is 9.18 Å². The molecule has 0 atom stereocenters. The number of ether oxygens (including phenoxy) is 2. The molecule has 7 nitrogen and oxygen atoms in total. The van der Waals surface area contributed by atoms with E-state index in [9.17, 15) is 18.8 Å². The van der Waals surface area contributed by atoms with Crippen molar-refractivity contribution < 1.29 is 28.2 Å². The van der Waals surface area contributed by atoms with E-state index in [2.05, 4.69) is 0 Å². The Bertz CT molecular complexity index is 1140. The van der Waals surface area contributed by atoms with E-state index in [-0.39, 0.29) is 36.4 Å². The van der Waals surface area contributed by atoms with Crippen LogP contribution in [0.3, 0.4) is 0 Å². The molecule has 2 heterocycles. The number of amides is 2. The standard InChI is InChI=1S/C25H23FN2O5S/c26-20-8-6-18(7-9-20)16-32-21-4-1-3-19(15-21)25(31)33-17-23(29)27-10-12-28(13-11-27)24(30)22-5-2-14-34-22/h1-9,14-15H,10-13,16-17H2. The molecule has 0 N–H and O–H groups in total. The number of thiophene rings is 1. The van der Waals surface area contributed by atoms with Crippen molar-refractivity contribution in [3.8, 4) is 5.75 Å². The zero-order chi connectivity index (χ0) is 23.9. The summed E-state index contributed by atoms with van der Waals surface area (Å²) in [5.41, 5.74) is 1.05. The molecule has 3 aromatic rings. The van der Waals surface area contributed by atoms with Gasteiger partial charge >= 0.3 is 5.97 Å². The fourth-order valence-electron chi connectivity index (χ4n) is 3.48. The first-order valence-electron chi connectivity index (χ1n) is 10.7. The van der Waals surface area contributed by atoms with Crippen molar-refractivity contribution in [2.24, 2.45) is 0 Å². The smallest absolute Gasteiger partial charge is 0.338 e. The van der Waals surface area contributed by atoms with E-state index in [0.717, 1.165) is 5.56 Å². The Balaban J connectivity index is 1.23. The predicted molar refractivity (Wildman–Crippen MR) is 124 cm³/mol. The molecule has 4 rings (SSSR count). The highest BCUT2D eigenvalue weighted by Gasteiger charge is 2.26. The first-order chi connectivity index (χ1) is 16.5. The van der Waals surface area contributed by atoms with Crippen molar-refractivity contribution in [1.29, 1.82) is 0 Å². The average molecular weight is 483 g/mol. The number of hydrogen-bond donors (Lipinski definition) is 0. The maximum absolute atomic E-state index is 13.0. The molecule has 0 aliphatic carbocycles. The van der Waals surface area contributed by atoms with Crippen LogP contribution in [0.5, 0.6) is 5.75 Å². The van der Waals surface area contributed by atoms with E-state index in [0.29, 0.717) is 36.8 Å². The summed E-state index contributed by atoms with van der Waals surface area (Å²) < 4.78 is 23.9. The third-order valence-corrected chi connectivity index (χ3v) is 6.22. The molecule has 1 aliphatic rings. The van der Waals surface area contributed by atoms with Gasteiger partial charge in [0.2, 0.25) is 0 Å². The normalized spacial score (nSPS) is 13.4. The molecule has 1 aliphatic heterocycles. The second kappa shape index (κ2) is 10.9. The highest BCUT2D eigenvalue weighted by Crippen LogP contribution is 2.17. The molecule has 1 fully saturated rings. The number of benzene rings is 2. The molecule has 0 spiro atoms. The zero-order valence-electron chi connectivity index (χ0n) is 18.3. The SMILES string of the molecule is O=C(OCC(=O)N1CCN(C(=O)c2cccs2)CC1)c1cccc(OCc2ccc(F)cc2)c1. The minimum atomic E-state index is -0.632. The maximum Gasteiger partial charge on any atom is 0.338 e. The maximum atomic E-state index is 13.0. The van der Waals surface area contributed by atoms with Crippen LogP contribution in [0, 0.1) is 5.82 Å². The second-order valence-corrected chi connectivity index (χ2v) is 8.62. The molecule has 1 saturated heterocycles. The predicted octanol–water partition coefficient (Wildman–Crippen LogP) is 3.61. The summed E-state index contributed by atoms with van der Waals surface area (Å²) in [4.78, 5) is 41.3. The number of esters is 1. The first kappa shape index (κ1) is 23.4. The van der Waals surface area contributed by atoms with Gasteiger partial charge in [-0.3, -0.25) is 9.59 Å². The van der Waals surface area contributed by atoms with Crippen molar-refractivity contribution >= 4 is 29.1 Å². The lowest BCUT2D eigenvalue weighted by Crippen LogP contribution is -2.51. The molecular weight excluding hydrogens is 459 g/mol. The van der Waals surface area contributed by atoms with Crippen LogP contribution in [-0.2, 0) is 16.1 Å². The summed E-state index contributed by atoms with van der Waals surface area (Å²) in [5, 5.41) is 1.86. The van der Waals surface area contributed by atoms with Gasteiger partial charge in [0, 0.05) is 26.2 Å². The molecular formula is C25H23FN2O5S. The van der Waals surface area contributed by atoms with Crippen molar-refractivity contribution in [2.75, 3.05) is 32.8 Å². The molecule has 0 saturated carbocycles. The minimum absolute atomic E-state index is 0.0324. The van der Waals surface area contributed by atoms with E-state index in [4.69, 9.17) is 9.47 Å². The summed E-state index contributed by atoms with van der Waals surface area (Å²) in [6.45, 7) is 1.49. The van der Waals surface area contributed by atoms with Gasteiger partial charge in [0.05, 0.1) is 10.4 Å². The third-order valence-electron chi connectivity index (χ3n) is 5.37. The van der Waals surface area contributed by atoms with Crippen LogP contribution in [0.2, 0.25) is 0 Å². The lowest BCUT2D eigenvalue weighted by atomic mass is 10.2. The molecule has 9 heteroatoms. The van der Waals surface area contributed by atoms with E-state index in [1.165, 1.54) is 29.5 Å². The van der Waals surface area contributed by atoms with Crippen LogP contribution in [0.1, 0.15) is 25.6 Å². The summed E-state index contributed by atoms with van der Waals surface area (Å²) in [7, 11) is 0. The lowest BCUT2D eigenvalue weighted by molar-refractivity contribution is -0.136. The first-order valence-corrected chi connectivity index (χ1v) is 11.6. The fourth-order valence-corrected chi connectivity index (χ4v) is 4.17. The molecule has 0 radical (unpaired) electrons. The van der Waals surface area contributed by atoms with Crippen LogP contribution in [0.25, 0.3) is 0 Å². The Hall–Kier alpha value is -3.72. The van der Waals surface area contributed by atoms with Gasteiger partial charge in [-0.15, -0.1) is 11.3 Å². The number of rotatable bonds is 7. The van der Waals surface area contributed by atoms with Crippen LogP contribution in [-0.4, -0.2) is 60.4 Å². The lowest BCUT2D eigenvalue weighted by Gasteiger charge is -2.34. The van der Waals surface area contributed by atoms with Gasteiger partial charge < -0.3 is 19.3 Å². The van der Waals surface area contributed by atoms with Crippen LogP contribution < -0.4 is 4.74 Å². The van der Waals surface area contributed by atoms with Gasteiger partial charge in [0.15, 0.2) is 6.61 Å². The van der Waals surface area contributed by atoms with Crippen molar-refractivity contribution in [3.05, 3.63) is 87.9 Å². The second-order valence-electron chi connectivity index (χ2n) is 7.67.